The second-order valence-electron chi connectivity index (χ2n) is 8.27. The molecule has 1 aromatic heterocycles. The van der Waals surface area contributed by atoms with Gasteiger partial charge in [-0.25, -0.2) is 9.97 Å². The van der Waals surface area contributed by atoms with Crippen LogP contribution in [0.5, 0.6) is 0 Å². The van der Waals surface area contributed by atoms with Crippen LogP contribution in [-0.2, 0) is 0 Å². The fourth-order valence-corrected chi connectivity index (χ4v) is 4.65. The molecule has 0 aliphatic heterocycles. The average molecular weight is 423 g/mol. The highest BCUT2D eigenvalue weighted by Gasteiger charge is 2.16. The van der Waals surface area contributed by atoms with Crippen molar-refractivity contribution in [3.8, 4) is 33.5 Å². The first-order chi connectivity index (χ1) is 16.3. The van der Waals surface area contributed by atoms with E-state index in [1.54, 1.807) is 0 Å². The number of hydrogen-bond donors (Lipinski definition) is 0. The maximum Gasteiger partial charge on any atom is 0.0973 e. The first-order valence-corrected chi connectivity index (χ1v) is 11.2. The number of fused-ring (bicyclic) bond motifs is 3. The van der Waals surface area contributed by atoms with Crippen LogP contribution in [0.15, 0.2) is 115 Å². The van der Waals surface area contributed by atoms with Crippen molar-refractivity contribution < 1.29 is 0 Å². The van der Waals surface area contributed by atoms with Gasteiger partial charge in [0.15, 0.2) is 0 Å². The summed E-state index contributed by atoms with van der Waals surface area (Å²) >= 11 is 0. The van der Waals surface area contributed by atoms with Crippen molar-refractivity contribution in [2.75, 3.05) is 0 Å². The number of benzene rings is 5. The normalized spacial score (nSPS) is 11.2. The molecule has 0 N–H and O–H groups in total. The second kappa shape index (κ2) is 7.99. The highest BCUT2D eigenvalue weighted by atomic mass is 14.8. The van der Waals surface area contributed by atoms with Gasteiger partial charge in [0.2, 0.25) is 0 Å². The van der Waals surface area contributed by atoms with Gasteiger partial charge in [0, 0.05) is 10.9 Å². The fourth-order valence-electron chi connectivity index (χ4n) is 4.65. The van der Waals surface area contributed by atoms with E-state index in [9.17, 15) is 0 Å². The predicted molar refractivity (Wildman–Crippen MR) is 138 cm³/mol. The topological polar surface area (TPSA) is 25.8 Å². The molecule has 0 aliphatic rings. The van der Waals surface area contributed by atoms with Crippen LogP contribution < -0.4 is 0 Å². The smallest absolute Gasteiger partial charge is 0.0973 e. The molecule has 6 rings (SSSR count). The summed E-state index contributed by atoms with van der Waals surface area (Å²) in [7, 11) is 0. The first kappa shape index (κ1) is 19.4. The third-order valence-corrected chi connectivity index (χ3v) is 6.20. The maximum atomic E-state index is 5.13. The van der Waals surface area contributed by atoms with Gasteiger partial charge in [-0.15, -0.1) is 0 Å². The van der Waals surface area contributed by atoms with Crippen LogP contribution in [0.2, 0.25) is 0 Å². The second-order valence-corrected chi connectivity index (χ2v) is 8.27. The van der Waals surface area contributed by atoms with Crippen LogP contribution in [0.1, 0.15) is 5.69 Å². The summed E-state index contributed by atoms with van der Waals surface area (Å²) in [6, 6.07) is 40.2. The molecule has 0 saturated heterocycles. The molecule has 1 heterocycles. The van der Waals surface area contributed by atoms with Crippen LogP contribution >= 0.6 is 0 Å². The number of aromatic nitrogens is 2. The van der Waals surface area contributed by atoms with E-state index in [0.29, 0.717) is 0 Å². The van der Waals surface area contributed by atoms with Crippen molar-refractivity contribution in [2.45, 2.75) is 6.92 Å². The molecule has 0 saturated carbocycles. The summed E-state index contributed by atoms with van der Waals surface area (Å²) in [4.78, 5) is 10.2. The highest BCUT2D eigenvalue weighted by molar-refractivity contribution is 6.12. The van der Waals surface area contributed by atoms with Crippen LogP contribution in [0.3, 0.4) is 0 Å². The molecule has 0 bridgehead atoms. The van der Waals surface area contributed by atoms with Crippen molar-refractivity contribution in [1.29, 1.82) is 0 Å². The minimum atomic E-state index is 0.920. The van der Waals surface area contributed by atoms with Crippen LogP contribution in [0.25, 0.3) is 55.3 Å². The fraction of sp³-hybridized carbons (Fsp3) is 0.0323. The summed E-state index contributed by atoms with van der Waals surface area (Å²) in [5.74, 6) is 0. The predicted octanol–water partition coefficient (Wildman–Crippen LogP) is 8.09. The van der Waals surface area contributed by atoms with Gasteiger partial charge in [0.1, 0.15) is 0 Å². The Labute approximate surface area is 193 Å². The van der Waals surface area contributed by atoms with Gasteiger partial charge in [0.05, 0.1) is 22.4 Å². The minimum Gasteiger partial charge on any atom is -0.249 e. The number of nitrogens with zero attached hydrogens (tertiary/aromatic N) is 2. The SMILES string of the molecule is Cc1nc2cc(-c3ccccc3-c3ccccc3)c3ccccc3c2nc1-c1ccccc1. The van der Waals surface area contributed by atoms with Crippen molar-refractivity contribution in [1.82, 2.24) is 9.97 Å². The van der Waals surface area contributed by atoms with E-state index in [2.05, 4.69) is 97.1 Å². The minimum absolute atomic E-state index is 0.920. The lowest BCUT2D eigenvalue weighted by molar-refractivity contribution is 1.19. The Morgan fingerprint density at radius 3 is 1.79 bits per heavy atom. The van der Waals surface area contributed by atoms with Crippen LogP contribution in [0, 0.1) is 6.92 Å². The molecule has 0 atom stereocenters. The van der Waals surface area contributed by atoms with Crippen molar-refractivity contribution >= 4 is 21.8 Å². The third kappa shape index (κ3) is 3.37. The summed E-state index contributed by atoms with van der Waals surface area (Å²) in [6.45, 7) is 2.04. The van der Waals surface area contributed by atoms with E-state index in [4.69, 9.17) is 9.97 Å². The zero-order chi connectivity index (χ0) is 22.2. The Bertz CT molecular complexity index is 1600. The van der Waals surface area contributed by atoms with Gasteiger partial charge >= 0.3 is 0 Å². The summed E-state index contributed by atoms with van der Waals surface area (Å²) < 4.78 is 0. The molecule has 2 heteroatoms. The van der Waals surface area contributed by atoms with E-state index in [-0.39, 0.29) is 0 Å². The largest absolute Gasteiger partial charge is 0.249 e. The molecular formula is C31H22N2. The lowest BCUT2D eigenvalue weighted by Crippen LogP contribution is -1.96. The van der Waals surface area contributed by atoms with E-state index in [1.807, 2.05) is 25.1 Å². The zero-order valence-electron chi connectivity index (χ0n) is 18.4. The Morgan fingerprint density at radius 2 is 1.06 bits per heavy atom. The van der Waals surface area contributed by atoms with Gasteiger partial charge in [-0.1, -0.05) is 109 Å². The molecule has 0 spiro atoms. The van der Waals surface area contributed by atoms with Gasteiger partial charge in [-0.2, -0.15) is 0 Å². The number of rotatable bonds is 3. The zero-order valence-corrected chi connectivity index (χ0v) is 18.4. The van der Waals surface area contributed by atoms with Crippen LogP contribution in [-0.4, -0.2) is 9.97 Å². The Balaban J connectivity index is 1.66. The van der Waals surface area contributed by atoms with E-state index in [1.165, 1.54) is 27.6 Å². The Morgan fingerprint density at radius 1 is 0.485 bits per heavy atom. The Hall–Kier alpha value is -4.30. The lowest BCUT2D eigenvalue weighted by Gasteiger charge is -2.15. The summed E-state index contributed by atoms with van der Waals surface area (Å²) in [5.41, 5.74) is 9.63. The monoisotopic (exact) mass is 422 g/mol. The maximum absolute atomic E-state index is 5.13. The lowest BCUT2D eigenvalue weighted by atomic mass is 9.90. The van der Waals surface area contributed by atoms with Gasteiger partial charge < -0.3 is 0 Å². The average Bonchev–Trinajstić information content (AvgIpc) is 2.89. The number of aryl methyl sites for hydroxylation is 1. The molecule has 6 aromatic rings. The van der Waals surface area contributed by atoms with Gasteiger partial charge in [-0.3, -0.25) is 0 Å². The molecule has 156 valence electrons. The number of hydrogen-bond acceptors (Lipinski definition) is 2. The quantitative estimate of drug-likeness (QED) is 0.269. The Kier molecular flexibility index (Phi) is 4.70. The molecule has 2 nitrogen and oxygen atoms in total. The summed E-state index contributed by atoms with van der Waals surface area (Å²) in [6.07, 6.45) is 0. The van der Waals surface area contributed by atoms with Gasteiger partial charge in [0.25, 0.3) is 0 Å². The third-order valence-electron chi connectivity index (χ3n) is 6.20. The molecule has 5 aromatic carbocycles. The molecule has 0 fully saturated rings. The van der Waals surface area contributed by atoms with E-state index in [0.717, 1.165) is 33.4 Å². The molecule has 33 heavy (non-hydrogen) atoms. The van der Waals surface area contributed by atoms with Crippen molar-refractivity contribution in [2.24, 2.45) is 0 Å². The van der Waals surface area contributed by atoms with Gasteiger partial charge in [-0.05, 0) is 40.6 Å². The molecule has 0 aliphatic carbocycles. The molecular weight excluding hydrogens is 400 g/mol. The highest BCUT2D eigenvalue weighted by Crippen LogP contribution is 2.39. The molecule has 0 amide bonds. The first-order valence-electron chi connectivity index (χ1n) is 11.2. The van der Waals surface area contributed by atoms with E-state index >= 15 is 0 Å². The van der Waals surface area contributed by atoms with Crippen molar-refractivity contribution in [3.05, 3.63) is 121 Å². The van der Waals surface area contributed by atoms with Crippen LogP contribution in [0.4, 0.5) is 0 Å². The standard InChI is InChI=1S/C31H22N2/c1-21-30(23-14-6-3-7-15-23)33-31-27-19-11-10-18-26(27)28(20-29(31)32-21)25-17-9-8-16-24(25)22-12-4-2-5-13-22/h2-20H,1H3. The molecule has 0 radical (unpaired) electrons. The van der Waals surface area contributed by atoms with Crippen molar-refractivity contribution in [3.63, 3.8) is 0 Å². The summed E-state index contributed by atoms with van der Waals surface area (Å²) in [5, 5.41) is 2.31. The van der Waals surface area contributed by atoms with E-state index < -0.39 is 0 Å². The molecule has 0 unspecified atom stereocenters.